The van der Waals surface area contributed by atoms with Gasteiger partial charge in [-0.2, -0.15) is 0 Å². The van der Waals surface area contributed by atoms with Crippen molar-refractivity contribution >= 4 is 11.9 Å². The number of carboxylic acid groups (broad SMARTS) is 1. The van der Waals surface area contributed by atoms with E-state index in [0.29, 0.717) is 24.4 Å². The number of nitrogens with two attached hydrogens (primary N) is 1. The smallest absolute Gasteiger partial charge is 0.341 e. The van der Waals surface area contributed by atoms with Crippen LogP contribution in [0.5, 0.6) is 5.75 Å². The normalized spacial score (nSPS) is 10.1. The molecule has 0 atom stereocenters. The maximum Gasteiger partial charge on any atom is 0.341 e. The van der Waals surface area contributed by atoms with Crippen molar-refractivity contribution in [1.82, 2.24) is 5.32 Å². The van der Waals surface area contributed by atoms with E-state index in [1.165, 1.54) is 0 Å². The minimum atomic E-state index is -1.03. The fourth-order valence-corrected chi connectivity index (χ4v) is 1.93. The molecule has 2 aromatic carbocycles. The number of hydrogen-bond donors (Lipinski definition) is 3. The van der Waals surface area contributed by atoms with Crippen molar-refractivity contribution < 1.29 is 19.4 Å². The summed E-state index contributed by atoms with van der Waals surface area (Å²) >= 11 is 0. The second-order valence-electron chi connectivity index (χ2n) is 4.91. The van der Waals surface area contributed by atoms with Gasteiger partial charge in [-0.05, 0) is 35.4 Å². The van der Waals surface area contributed by atoms with Crippen LogP contribution in [0.3, 0.4) is 0 Å². The van der Waals surface area contributed by atoms with E-state index in [9.17, 15) is 9.59 Å². The van der Waals surface area contributed by atoms with Crippen molar-refractivity contribution in [3.05, 3.63) is 65.2 Å². The van der Waals surface area contributed by atoms with Gasteiger partial charge in [-0.1, -0.05) is 24.3 Å². The van der Waals surface area contributed by atoms with Crippen LogP contribution in [0.1, 0.15) is 21.5 Å². The zero-order valence-electron chi connectivity index (χ0n) is 12.5. The number of rotatable bonds is 7. The van der Waals surface area contributed by atoms with Crippen molar-refractivity contribution in [2.45, 2.75) is 13.1 Å². The molecule has 0 aliphatic heterocycles. The number of ether oxygens (including phenoxy) is 1. The Morgan fingerprint density at radius 3 is 2.17 bits per heavy atom. The van der Waals surface area contributed by atoms with Crippen LogP contribution in [0.2, 0.25) is 0 Å². The first kappa shape index (κ1) is 16.5. The number of amides is 1. The highest BCUT2D eigenvalue weighted by Crippen LogP contribution is 2.12. The van der Waals surface area contributed by atoms with Gasteiger partial charge in [0, 0.05) is 18.7 Å². The summed E-state index contributed by atoms with van der Waals surface area (Å²) in [5.74, 6) is -0.721. The third kappa shape index (κ3) is 5.12. The lowest BCUT2D eigenvalue weighted by molar-refractivity contribution is -0.139. The largest absolute Gasteiger partial charge is 0.482 e. The first-order valence-electron chi connectivity index (χ1n) is 7.09. The molecule has 0 radical (unpaired) electrons. The maximum atomic E-state index is 12.0. The minimum Gasteiger partial charge on any atom is -0.482 e. The average Bonchev–Trinajstić information content (AvgIpc) is 2.58. The molecule has 0 fully saturated rings. The van der Waals surface area contributed by atoms with Gasteiger partial charge >= 0.3 is 5.97 Å². The molecule has 6 nitrogen and oxygen atoms in total. The van der Waals surface area contributed by atoms with Gasteiger partial charge in [0.2, 0.25) is 0 Å². The average molecular weight is 314 g/mol. The highest BCUT2D eigenvalue weighted by Gasteiger charge is 2.05. The summed E-state index contributed by atoms with van der Waals surface area (Å²) in [4.78, 5) is 22.4. The quantitative estimate of drug-likeness (QED) is 0.719. The second-order valence-corrected chi connectivity index (χ2v) is 4.91. The van der Waals surface area contributed by atoms with E-state index in [1.54, 1.807) is 36.4 Å². The molecule has 4 N–H and O–H groups in total. The SMILES string of the molecule is NCc1ccc(C(=O)NCc2ccc(OCC(=O)O)cc2)cc1. The lowest BCUT2D eigenvalue weighted by Crippen LogP contribution is -2.22. The highest BCUT2D eigenvalue weighted by atomic mass is 16.5. The lowest BCUT2D eigenvalue weighted by atomic mass is 10.1. The first-order valence-corrected chi connectivity index (χ1v) is 7.09. The van der Waals surface area contributed by atoms with Crippen molar-refractivity contribution in [2.24, 2.45) is 5.73 Å². The molecular weight excluding hydrogens is 296 g/mol. The summed E-state index contributed by atoms with van der Waals surface area (Å²) in [5, 5.41) is 11.4. The summed E-state index contributed by atoms with van der Waals surface area (Å²) in [7, 11) is 0. The molecular formula is C17H18N2O4. The summed E-state index contributed by atoms with van der Waals surface area (Å²) in [6, 6.07) is 14.0. The molecule has 2 aromatic rings. The van der Waals surface area contributed by atoms with Gasteiger partial charge in [0.15, 0.2) is 6.61 Å². The molecule has 0 aliphatic carbocycles. The summed E-state index contributed by atoms with van der Waals surface area (Å²) in [6.07, 6.45) is 0. The van der Waals surface area contributed by atoms with E-state index in [4.69, 9.17) is 15.6 Å². The van der Waals surface area contributed by atoms with Gasteiger partial charge in [0.25, 0.3) is 5.91 Å². The molecule has 0 heterocycles. The Morgan fingerprint density at radius 2 is 1.61 bits per heavy atom. The second kappa shape index (κ2) is 7.95. The number of aliphatic carboxylic acids is 1. The van der Waals surface area contributed by atoms with Crippen molar-refractivity contribution in [3.8, 4) is 5.75 Å². The number of hydrogen-bond acceptors (Lipinski definition) is 4. The van der Waals surface area contributed by atoms with Gasteiger partial charge in [-0.15, -0.1) is 0 Å². The van der Waals surface area contributed by atoms with Gasteiger partial charge < -0.3 is 20.9 Å². The van der Waals surface area contributed by atoms with Gasteiger partial charge in [-0.25, -0.2) is 4.79 Å². The lowest BCUT2D eigenvalue weighted by Gasteiger charge is -2.07. The predicted octanol–water partition coefficient (Wildman–Crippen LogP) is 1.54. The van der Waals surface area contributed by atoms with E-state index >= 15 is 0 Å². The zero-order valence-corrected chi connectivity index (χ0v) is 12.5. The summed E-state index contributed by atoms with van der Waals surface area (Å²) in [5.41, 5.74) is 7.95. The fourth-order valence-electron chi connectivity index (χ4n) is 1.93. The van der Waals surface area contributed by atoms with E-state index in [1.807, 2.05) is 12.1 Å². The topological polar surface area (TPSA) is 102 Å². The van der Waals surface area contributed by atoms with E-state index in [-0.39, 0.29) is 12.5 Å². The Hall–Kier alpha value is -2.86. The number of carboxylic acids is 1. The monoisotopic (exact) mass is 314 g/mol. The van der Waals surface area contributed by atoms with E-state index in [2.05, 4.69) is 5.32 Å². The van der Waals surface area contributed by atoms with Crippen LogP contribution in [0.25, 0.3) is 0 Å². The minimum absolute atomic E-state index is 0.167. The Balaban J connectivity index is 1.87. The molecule has 0 saturated carbocycles. The molecule has 6 heteroatoms. The highest BCUT2D eigenvalue weighted by molar-refractivity contribution is 5.94. The zero-order chi connectivity index (χ0) is 16.7. The summed E-state index contributed by atoms with van der Waals surface area (Å²) < 4.78 is 5.04. The van der Waals surface area contributed by atoms with Crippen molar-refractivity contribution in [1.29, 1.82) is 0 Å². The van der Waals surface area contributed by atoms with Crippen LogP contribution in [-0.2, 0) is 17.9 Å². The van der Waals surface area contributed by atoms with Crippen LogP contribution in [-0.4, -0.2) is 23.6 Å². The Morgan fingerprint density at radius 1 is 1.00 bits per heavy atom. The Bertz CT molecular complexity index is 666. The van der Waals surface area contributed by atoms with Crippen molar-refractivity contribution in [2.75, 3.05) is 6.61 Å². The Labute approximate surface area is 133 Å². The molecule has 120 valence electrons. The maximum absolute atomic E-state index is 12.0. The van der Waals surface area contributed by atoms with Crippen LogP contribution < -0.4 is 15.8 Å². The number of carbonyl (C=O) groups excluding carboxylic acids is 1. The van der Waals surface area contributed by atoms with Crippen molar-refractivity contribution in [3.63, 3.8) is 0 Å². The van der Waals surface area contributed by atoms with E-state index < -0.39 is 5.97 Å². The number of nitrogens with one attached hydrogen (secondary N) is 1. The molecule has 1 amide bonds. The molecule has 2 rings (SSSR count). The molecule has 0 aliphatic rings. The Kier molecular flexibility index (Phi) is 5.71. The van der Waals surface area contributed by atoms with Crippen LogP contribution in [0, 0.1) is 0 Å². The third-order valence-electron chi connectivity index (χ3n) is 3.19. The van der Waals surface area contributed by atoms with E-state index in [0.717, 1.165) is 11.1 Å². The fraction of sp³-hybridized carbons (Fsp3) is 0.176. The van der Waals surface area contributed by atoms with Crippen LogP contribution in [0.4, 0.5) is 0 Å². The number of benzene rings is 2. The molecule has 0 unspecified atom stereocenters. The molecule has 0 aromatic heterocycles. The standard InChI is InChI=1S/C17H18N2O4/c18-9-12-1-5-14(6-2-12)17(22)19-10-13-3-7-15(8-4-13)23-11-16(20)21/h1-8H,9-11,18H2,(H,19,22)(H,20,21). The van der Waals surface area contributed by atoms with Gasteiger partial charge in [0.05, 0.1) is 0 Å². The van der Waals surface area contributed by atoms with Gasteiger partial charge in [-0.3, -0.25) is 4.79 Å². The first-order chi connectivity index (χ1) is 11.1. The molecule has 0 bridgehead atoms. The molecule has 23 heavy (non-hydrogen) atoms. The van der Waals surface area contributed by atoms with Gasteiger partial charge in [0.1, 0.15) is 5.75 Å². The molecule has 0 spiro atoms. The predicted molar refractivity (Wildman–Crippen MR) is 85.1 cm³/mol. The van der Waals surface area contributed by atoms with Crippen LogP contribution in [0.15, 0.2) is 48.5 Å². The molecule has 0 saturated heterocycles. The third-order valence-corrected chi connectivity index (χ3v) is 3.19. The summed E-state index contributed by atoms with van der Waals surface area (Å²) in [6.45, 7) is 0.434. The van der Waals surface area contributed by atoms with Crippen LogP contribution >= 0.6 is 0 Å². The number of carbonyl (C=O) groups is 2.